The van der Waals surface area contributed by atoms with Gasteiger partial charge in [-0.1, -0.05) is 54.3 Å². The zero-order valence-corrected chi connectivity index (χ0v) is 11.2. The quantitative estimate of drug-likeness (QED) is 0.841. The topological polar surface area (TPSA) is 49.7 Å². The first-order valence-corrected chi connectivity index (χ1v) is 6.27. The Morgan fingerprint density at radius 2 is 1.30 bits per heavy atom. The number of benzene rings is 2. The summed E-state index contributed by atoms with van der Waals surface area (Å²) in [7, 11) is 1.58. The highest BCUT2D eigenvalue weighted by Gasteiger charge is 2.05. The second kappa shape index (κ2) is 6.76. The van der Waals surface area contributed by atoms with Crippen molar-refractivity contribution in [2.24, 2.45) is 0 Å². The van der Waals surface area contributed by atoms with Crippen LogP contribution in [0.1, 0.15) is 23.3 Å². The third-order valence-electron chi connectivity index (χ3n) is 2.90. The molecule has 0 aliphatic carbocycles. The molecular weight excluding hydrogens is 252 g/mol. The summed E-state index contributed by atoms with van der Waals surface area (Å²) in [5.74, 6) is 6.02. The molecule has 20 heavy (non-hydrogen) atoms. The summed E-state index contributed by atoms with van der Waals surface area (Å²) in [6, 6.07) is 16.1. The maximum Gasteiger partial charge on any atom is 0.140 e. The largest absolute Gasteiger partial charge is 0.497 e. The summed E-state index contributed by atoms with van der Waals surface area (Å²) in [5.41, 5.74) is 1.38. The van der Waals surface area contributed by atoms with Crippen molar-refractivity contribution in [2.75, 3.05) is 7.11 Å². The fourth-order valence-electron chi connectivity index (χ4n) is 1.75. The van der Waals surface area contributed by atoms with E-state index in [1.54, 1.807) is 43.5 Å². The Morgan fingerprint density at radius 1 is 0.800 bits per heavy atom. The number of aliphatic hydroxyl groups excluding tert-OH is 2. The highest BCUT2D eigenvalue weighted by atomic mass is 16.5. The van der Waals surface area contributed by atoms with Gasteiger partial charge in [0.05, 0.1) is 7.11 Å². The first-order valence-electron chi connectivity index (χ1n) is 6.27. The third-order valence-corrected chi connectivity index (χ3v) is 2.90. The molecule has 0 saturated heterocycles. The van der Waals surface area contributed by atoms with Gasteiger partial charge in [0.1, 0.15) is 18.0 Å². The summed E-state index contributed by atoms with van der Waals surface area (Å²) >= 11 is 0. The van der Waals surface area contributed by atoms with Gasteiger partial charge in [-0.25, -0.2) is 0 Å². The van der Waals surface area contributed by atoms with Crippen molar-refractivity contribution in [2.45, 2.75) is 12.2 Å². The van der Waals surface area contributed by atoms with E-state index in [1.807, 2.05) is 18.2 Å². The molecular formula is C17H16O3. The summed E-state index contributed by atoms with van der Waals surface area (Å²) < 4.78 is 5.05. The highest BCUT2D eigenvalue weighted by molar-refractivity contribution is 5.33. The van der Waals surface area contributed by atoms with Gasteiger partial charge in [0.2, 0.25) is 0 Å². The monoisotopic (exact) mass is 268 g/mol. The van der Waals surface area contributed by atoms with E-state index in [9.17, 15) is 10.2 Å². The van der Waals surface area contributed by atoms with Crippen LogP contribution in [0.15, 0.2) is 54.6 Å². The lowest BCUT2D eigenvalue weighted by molar-refractivity contribution is 0.227. The summed E-state index contributed by atoms with van der Waals surface area (Å²) in [5, 5.41) is 19.8. The predicted molar refractivity (Wildman–Crippen MR) is 77.1 cm³/mol. The van der Waals surface area contributed by atoms with Gasteiger partial charge >= 0.3 is 0 Å². The van der Waals surface area contributed by atoms with E-state index in [4.69, 9.17) is 4.74 Å². The van der Waals surface area contributed by atoms with Crippen LogP contribution in [0.25, 0.3) is 0 Å². The van der Waals surface area contributed by atoms with Crippen molar-refractivity contribution in [3.63, 3.8) is 0 Å². The normalized spacial score (nSPS) is 12.9. The average molecular weight is 268 g/mol. The zero-order valence-electron chi connectivity index (χ0n) is 11.2. The molecule has 3 nitrogen and oxygen atoms in total. The molecule has 0 heterocycles. The number of aliphatic hydroxyl groups is 2. The number of rotatable bonds is 3. The molecule has 0 aliphatic heterocycles. The maximum atomic E-state index is 9.95. The van der Waals surface area contributed by atoms with Crippen LogP contribution in [0.3, 0.4) is 0 Å². The average Bonchev–Trinajstić information content (AvgIpc) is 2.53. The molecule has 0 aliphatic rings. The van der Waals surface area contributed by atoms with Gasteiger partial charge in [-0.2, -0.15) is 0 Å². The Hall–Kier alpha value is -2.28. The van der Waals surface area contributed by atoms with E-state index in [1.165, 1.54) is 0 Å². The second-order valence-electron chi connectivity index (χ2n) is 4.28. The molecule has 2 N–H and O–H groups in total. The van der Waals surface area contributed by atoms with Gasteiger partial charge in [-0.3, -0.25) is 0 Å². The lowest BCUT2D eigenvalue weighted by atomic mass is 10.1. The number of ether oxygens (including phenoxy) is 1. The molecule has 0 spiro atoms. The minimum atomic E-state index is -0.931. The Kier molecular flexibility index (Phi) is 4.78. The lowest BCUT2D eigenvalue weighted by Gasteiger charge is -2.06. The third kappa shape index (κ3) is 3.61. The van der Waals surface area contributed by atoms with Crippen LogP contribution < -0.4 is 4.74 Å². The summed E-state index contributed by atoms with van der Waals surface area (Å²) in [6.07, 6.45) is -1.83. The van der Waals surface area contributed by atoms with Crippen LogP contribution in [0.5, 0.6) is 5.75 Å². The van der Waals surface area contributed by atoms with Crippen molar-refractivity contribution in [3.8, 4) is 17.6 Å². The van der Waals surface area contributed by atoms with Crippen molar-refractivity contribution < 1.29 is 14.9 Å². The van der Waals surface area contributed by atoms with Gasteiger partial charge in [-0.05, 0) is 23.3 Å². The number of methoxy groups -OCH3 is 1. The molecule has 0 bridgehead atoms. The molecule has 2 unspecified atom stereocenters. The number of hydrogen-bond donors (Lipinski definition) is 2. The van der Waals surface area contributed by atoms with E-state index in [-0.39, 0.29) is 0 Å². The lowest BCUT2D eigenvalue weighted by Crippen LogP contribution is -1.97. The van der Waals surface area contributed by atoms with Crippen LogP contribution in [0.4, 0.5) is 0 Å². The van der Waals surface area contributed by atoms with Crippen molar-refractivity contribution in [1.29, 1.82) is 0 Å². The molecule has 0 fully saturated rings. The summed E-state index contributed by atoms with van der Waals surface area (Å²) in [4.78, 5) is 0. The van der Waals surface area contributed by atoms with Crippen LogP contribution in [0.2, 0.25) is 0 Å². The first-order chi connectivity index (χ1) is 9.70. The molecule has 2 rings (SSSR count). The second-order valence-corrected chi connectivity index (χ2v) is 4.28. The fraction of sp³-hybridized carbons (Fsp3) is 0.176. The SMILES string of the molecule is COc1ccc(C(O)C#CC(O)c2ccccc2)cc1. The van der Waals surface area contributed by atoms with Gasteiger partial charge in [0.15, 0.2) is 0 Å². The Morgan fingerprint density at radius 3 is 1.80 bits per heavy atom. The predicted octanol–water partition coefficient (Wildman–Crippen LogP) is 2.47. The molecule has 0 aromatic heterocycles. The van der Waals surface area contributed by atoms with E-state index in [2.05, 4.69) is 11.8 Å². The van der Waals surface area contributed by atoms with Crippen molar-refractivity contribution >= 4 is 0 Å². The molecule has 0 radical (unpaired) electrons. The van der Waals surface area contributed by atoms with E-state index in [0.717, 1.165) is 5.75 Å². The molecule has 2 atom stereocenters. The Labute approximate surface area is 118 Å². The molecule has 2 aromatic rings. The molecule has 102 valence electrons. The van der Waals surface area contributed by atoms with Gasteiger partial charge in [-0.15, -0.1) is 0 Å². The minimum Gasteiger partial charge on any atom is -0.497 e. The fourth-order valence-corrected chi connectivity index (χ4v) is 1.75. The van der Waals surface area contributed by atoms with E-state index >= 15 is 0 Å². The Balaban J connectivity index is 2.07. The van der Waals surface area contributed by atoms with E-state index in [0.29, 0.717) is 11.1 Å². The zero-order chi connectivity index (χ0) is 14.4. The highest BCUT2D eigenvalue weighted by Crippen LogP contribution is 2.17. The van der Waals surface area contributed by atoms with Crippen molar-refractivity contribution in [3.05, 3.63) is 65.7 Å². The first kappa shape index (κ1) is 14.1. The summed E-state index contributed by atoms with van der Waals surface area (Å²) in [6.45, 7) is 0. The number of hydrogen-bond acceptors (Lipinski definition) is 3. The van der Waals surface area contributed by atoms with Gasteiger partial charge in [0.25, 0.3) is 0 Å². The smallest absolute Gasteiger partial charge is 0.140 e. The molecule has 2 aromatic carbocycles. The van der Waals surface area contributed by atoms with Crippen LogP contribution in [-0.4, -0.2) is 17.3 Å². The van der Waals surface area contributed by atoms with Gasteiger partial charge < -0.3 is 14.9 Å². The standard InChI is InChI=1S/C17H16O3/c1-20-15-9-7-14(8-10-15)17(19)12-11-16(18)13-5-3-2-4-6-13/h2-10,16-19H,1H3. The van der Waals surface area contributed by atoms with Crippen LogP contribution in [0, 0.1) is 11.8 Å². The van der Waals surface area contributed by atoms with E-state index < -0.39 is 12.2 Å². The maximum absolute atomic E-state index is 9.95. The van der Waals surface area contributed by atoms with Crippen LogP contribution >= 0.6 is 0 Å². The molecule has 3 heteroatoms. The molecule has 0 saturated carbocycles. The van der Waals surface area contributed by atoms with Crippen molar-refractivity contribution in [1.82, 2.24) is 0 Å². The molecule has 0 amide bonds. The minimum absolute atomic E-state index is 0.665. The Bertz CT molecular complexity index is 594. The van der Waals surface area contributed by atoms with Gasteiger partial charge in [0, 0.05) is 0 Å². The van der Waals surface area contributed by atoms with Crippen LogP contribution in [-0.2, 0) is 0 Å².